The molecule has 4 rings (SSSR count). The highest BCUT2D eigenvalue weighted by molar-refractivity contribution is 7.10. The average molecular weight is 400 g/mol. The van der Waals surface area contributed by atoms with Gasteiger partial charge in [0.1, 0.15) is 5.76 Å². The summed E-state index contributed by atoms with van der Waals surface area (Å²) in [4.78, 5) is 20.3. The molecule has 148 valence electrons. The third-order valence-corrected chi connectivity index (χ3v) is 6.28. The number of aromatic nitrogens is 3. The standard InChI is InChI=1S/C20H25N5O2S/c1-14-17(15(2)27-23-14)10-25-8-4-16-18(12-28-19(16)11-25)20(26)22-5-3-7-24-9-6-21-13-24/h6,9,12-13H,3-5,7-8,10-11H2,1-2H3,(H,22,26). The minimum absolute atomic E-state index is 0.0438. The highest BCUT2D eigenvalue weighted by Gasteiger charge is 2.25. The lowest BCUT2D eigenvalue weighted by Gasteiger charge is -2.27. The van der Waals surface area contributed by atoms with Gasteiger partial charge in [0.05, 0.1) is 17.6 Å². The van der Waals surface area contributed by atoms with Gasteiger partial charge in [0.15, 0.2) is 0 Å². The van der Waals surface area contributed by atoms with E-state index in [4.69, 9.17) is 4.52 Å². The van der Waals surface area contributed by atoms with Crippen LogP contribution in [0.2, 0.25) is 0 Å². The second-order valence-electron chi connectivity index (χ2n) is 7.22. The SMILES string of the molecule is Cc1noc(C)c1CN1CCc2c(C(=O)NCCCn3ccnc3)csc2C1. The van der Waals surface area contributed by atoms with E-state index < -0.39 is 0 Å². The minimum Gasteiger partial charge on any atom is -0.361 e. The third-order valence-electron chi connectivity index (χ3n) is 5.27. The van der Waals surface area contributed by atoms with Crippen LogP contribution in [0.5, 0.6) is 0 Å². The van der Waals surface area contributed by atoms with Crippen LogP contribution >= 0.6 is 11.3 Å². The van der Waals surface area contributed by atoms with Crippen molar-refractivity contribution in [3.63, 3.8) is 0 Å². The Morgan fingerprint density at radius 2 is 2.29 bits per heavy atom. The van der Waals surface area contributed by atoms with Gasteiger partial charge in [-0.1, -0.05) is 5.16 Å². The molecule has 0 unspecified atom stereocenters. The molecule has 0 aromatic carbocycles. The van der Waals surface area contributed by atoms with Crippen LogP contribution < -0.4 is 5.32 Å². The van der Waals surface area contributed by atoms with Gasteiger partial charge in [-0.15, -0.1) is 11.3 Å². The number of nitrogens with zero attached hydrogens (tertiary/aromatic N) is 4. The molecule has 7 nitrogen and oxygen atoms in total. The highest BCUT2D eigenvalue weighted by Crippen LogP contribution is 2.30. The van der Waals surface area contributed by atoms with Crippen LogP contribution in [0.15, 0.2) is 28.6 Å². The van der Waals surface area contributed by atoms with Crippen molar-refractivity contribution >= 4 is 17.2 Å². The molecule has 0 fully saturated rings. The summed E-state index contributed by atoms with van der Waals surface area (Å²) in [6, 6.07) is 0. The first-order valence-corrected chi connectivity index (χ1v) is 10.5. The molecule has 4 heterocycles. The van der Waals surface area contributed by atoms with Gasteiger partial charge in [-0.2, -0.15) is 0 Å². The summed E-state index contributed by atoms with van der Waals surface area (Å²) in [6.45, 7) is 8.13. The number of nitrogens with one attached hydrogen (secondary N) is 1. The van der Waals surface area contributed by atoms with Crippen molar-refractivity contribution in [2.45, 2.75) is 46.3 Å². The molecule has 8 heteroatoms. The van der Waals surface area contributed by atoms with E-state index in [-0.39, 0.29) is 5.91 Å². The molecule has 28 heavy (non-hydrogen) atoms. The van der Waals surface area contributed by atoms with Crippen LogP contribution in [-0.2, 0) is 26.1 Å². The van der Waals surface area contributed by atoms with Gasteiger partial charge < -0.3 is 14.4 Å². The number of imidazole rings is 1. The molecule has 1 N–H and O–H groups in total. The van der Waals surface area contributed by atoms with E-state index >= 15 is 0 Å². The Balaban J connectivity index is 1.32. The summed E-state index contributed by atoms with van der Waals surface area (Å²) < 4.78 is 7.30. The molecule has 1 aliphatic rings. The topological polar surface area (TPSA) is 76.2 Å². The number of hydrogen-bond donors (Lipinski definition) is 1. The number of fused-ring (bicyclic) bond motifs is 1. The Kier molecular flexibility index (Phi) is 5.59. The molecule has 0 spiro atoms. The Morgan fingerprint density at radius 3 is 3.04 bits per heavy atom. The van der Waals surface area contributed by atoms with Crippen molar-refractivity contribution < 1.29 is 9.32 Å². The van der Waals surface area contributed by atoms with E-state index in [1.807, 2.05) is 30.0 Å². The fourth-order valence-electron chi connectivity index (χ4n) is 3.64. The van der Waals surface area contributed by atoms with Gasteiger partial charge in [-0.05, 0) is 32.3 Å². The lowest BCUT2D eigenvalue weighted by atomic mass is 10.0. The number of hydrogen-bond acceptors (Lipinski definition) is 6. The smallest absolute Gasteiger partial charge is 0.252 e. The second kappa shape index (κ2) is 8.28. The number of carbonyl (C=O) groups is 1. The van der Waals surface area contributed by atoms with Crippen LogP contribution in [-0.4, -0.2) is 38.6 Å². The zero-order chi connectivity index (χ0) is 19.5. The molecule has 0 bridgehead atoms. The van der Waals surface area contributed by atoms with Crippen LogP contribution in [0.25, 0.3) is 0 Å². The first-order chi connectivity index (χ1) is 13.6. The molecule has 1 aliphatic heterocycles. The van der Waals surface area contributed by atoms with E-state index in [1.54, 1.807) is 23.9 Å². The zero-order valence-electron chi connectivity index (χ0n) is 16.3. The largest absolute Gasteiger partial charge is 0.361 e. The third kappa shape index (κ3) is 4.02. The van der Waals surface area contributed by atoms with Gasteiger partial charge in [0.25, 0.3) is 5.91 Å². The molecule has 3 aromatic rings. The maximum absolute atomic E-state index is 12.6. The number of thiophene rings is 1. The molecular weight excluding hydrogens is 374 g/mol. The quantitative estimate of drug-likeness (QED) is 0.618. The summed E-state index contributed by atoms with van der Waals surface area (Å²) >= 11 is 1.69. The number of aryl methyl sites for hydroxylation is 3. The predicted molar refractivity (Wildman–Crippen MR) is 107 cm³/mol. The molecular formula is C20H25N5O2S. The summed E-state index contributed by atoms with van der Waals surface area (Å²) in [5.74, 6) is 0.938. The second-order valence-corrected chi connectivity index (χ2v) is 8.19. The lowest BCUT2D eigenvalue weighted by molar-refractivity contribution is 0.0951. The minimum atomic E-state index is 0.0438. The van der Waals surface area contributed by atoms with Crippen molar-refractivity contribution in [1.29, 1.82) is 0 Å². The van der Waals surface area contributed by atoms with E-state index in [1.165, 1.54) is 16.0 Å². The molecule has 0 saturated carbocycles. The molecule has 0 aliphatic carbocycles. The fraction of sp³-hybridized carbons (Fsp3) is 0.450. The van der Waals surface area contributed by atoms with Crippen molar-refractivity contribution in [2.75, 3.05) is 13.1 Å². The molecule has 0 radical (unpaired) electrons. The summed E-state index contributed by atoms with van der Waals surface area (Å²) in [5, 5.41) is 9.12. The van der Waals surface area contributed by atoms with Gasteiger partial charge in [0.2, 0.25) is 0 Å². The van der Waals surface area contributed by atoms with Crippen molar-refractivity contribution in [3.05, 3.63) is 57.1 Å². The van der Waals surface area contributed by atoms with Crippen molar-refractivity contribution in [2.24, 2.45) is 0 Å². The van der Waals surface area contributed by atoms with Crippen LogP contribution in [0.1, 0.15) is 44.2 Å². The summed E-state index contributed by atoms with van der Waals surface area (Å²) in [5.41, 5.74) is 4.20. The van der Waals surface area contributed by atoms with Crippen LogP contribution in [0.3, 0.4) is 0 Å². The summed E-state index contributed by atoms with van der Waals surface area (Å²) in [6.07, 6.45) is 7.29. The first kappa shape index (κ1) is 18.9. The number of carbonyl (C=O) groups excluding carboxylic acids is 1. The van der Waals surface area contributed by atoms with E-state index in [0.29, 0.717) is 6.54 Å². The maximum Gasteiger partial charge on any atom is 0.252 e. The van der Waals surface area contributed by atoms with Crippen LogP contribution in [0, 0.1) is 13.8 Å². The lowest BCUT2D eigenvalue weighted by Crippen LogP contribution is -2.31. The maximum atomic E-state index is 12.6. The fourth-order valence-corrected chi connectivity index (χ4v) is 4.76. The van der Waals surface area contributed by atoms with E-state index in [2.05, 4.69) is 20.4 Å². The molecule has 0 atom stereocenters. The zero-order valence-corrected chi connectivity index (χ0v) is 17.1. The van der Waals surface area contributed by atoms with Gasteiger partial charge in [0, 0.05) is 60.9 Å². The normalized spacial score (nSPS) is 14.2. The number of rotatable bonds is 7. The monoisotopic (exact) mass is 399 g/mol. The Labute approximate surface area is 168 Å². The summed E-state index contributed by atoms with van der Waals surface area (Å²) in [7, 11) is 0. The Bertz CT molecular complexity index is 925. The van der Waals surface area contributed by atoms with E-state index in [0.717, 1.165) is 56.0 Å². The van der Waals surface area contributed by atoms with Crippen molar-refractivity contribution in [3.8, 4) is 0 Å². The average Bonchev–Trinajstić information content (AvgIpc) is 3.42. The van der Waals surface area contributed by atoms with Gasteiger partial charge >= 0.3 is 0 Å². The highest BCUT2D eigenvalue weighted by atomic mass is 32.1. The first-order valence-electron chi connectivity index (χ1n) is 9.59. The number of amides is 1. The van der Waals surface area contributed by atoms with Crippen LogP contribution in [0.4, 0.5) is 0 Å². The molecule has 0 saturated heterocycles. The molecule has 3 aromatic heterocycles. The Morgan fingerprint density at radius 1 is 1.39 bits per heavy atom. The predicted octanol–water partition coefficient (Wildman–Crippen LogP) is 2.93. The van der Waals surface area contributed by atoms with Gasteiger partial charge in [-0.25, -0.2) is 4.98 Å². The van der Waals surface area contributed by atoms with E-state index in [9.17, 15) is 4.79 Å². The van der Waals surface area contributed by atoms with Crippen molar-refractivity contribution in [1.82, 2.24) is 24.9 Å². The Hall–Kier alpha value is -2.45. The van der Waals surface area contributed by atoms with Gasteiger partial charge in [-0.3, -0.25) is 9.69 Å². The molecule has 1 amide bonds.